The number of nitrogens with two attached hydrogens (primary N) is 1. The molecule has 2 N–H and O–H groups in total. The van der Waals surface area contributed by atoms with Crippen LogP contribution in [0.15, 0.2) is 61.1 Å². The lowest BCUT2D eigenvalue weighted by molar-refractivity contribution is 0.0599. The number of esters is 1. The zero-order chi connectivity index (χ0) is 33.3. The first-order chi connectivity index (χ1) is 22.8. The number of fused-ring (bicyclic) bond motifs is 2. The molecule has 0 unspecified atom stereocenters. The van der Waals surface area contributed by atoms with Crippen LogP contribution in [0.2, 0.25) is 0 Å². The average Bonchev–Trinajstić information content (AvgIpc) is 3.76. The van der Waals surface area contributed by atoms with E-state index in [2.05, 4.69) is 70.9 Å². The minimum Gasteiger partial charge on any atom is -0.465 e. The zero-order valence-electron chi connectivity index (χ0n) is 28.7. The number of hydrogen-bond donors (Lipinski definition) is 1. The predicted molar refractivity (Wildman–Crippen MR) is 190 cm³/mol. The van der Waals surface area contributed by atoms with Crippen LogP contribution in [0.5, 0.6) is 0 Å². The van der Waals surface area contributed by atoms with Gasteiger partial charge >= 0.3 is 5.97 Å². The molecule has 250 valence electrons. The molecule has 8 heteroatoms. The van der Waals surface area contributed by atoms with E-state index in [4.69, 9.17) is 19.9 Å². The molecule has 1 aliphatic carbocycles. The van der Waals surface area contributed by atoms with E-state index in [9.17, 15) is 4.79 Å². The van der Waals surface area contributed by atoms with Crippen molar-refractivity contribution in [2.24, 2.45) is 14.1 Å². The summed E-state index contributed by atoms with van der Waals surface area (Å²) in [5, 5.41) is 2.44. The van der Waals surface area contributed by atoms with Crippen LogP contribution in [0.1, 0.15) is 83.8 Å². The monoisotopic (exact) mass is 638 g/mol. The molecular weight excluding hydrogens is 588 g/mol. The number of aromatic nitrogens is 3. The van der Waals surface area contributed by atoms with Crippen molar-refractivity contribution in [3.8, 4) is 0 Å². The summed E-state index contributed by atoms with van der Waals surface area (Å²) >= 11 is 0. The minimum absolute atomic E-state index is 0.308. The van der Waals surface area contributed by atoms with Crippen LogP contribution < -0.4 is 5.73 Å². The summed E-state index contributed by atoms with van der Waals surface area (Å²) in [6.07, 6.45) is 13.1. The number of hydrogen-bond acceptors (Lipinski definition) is 6. The second kappa shape index (κ2) is 16.1. The van der Waals surface area contributed by atoms with Crippen molar-refractivity contribution in [1.29, 1.82) is 0 Å². The Kier molecular flexibility index (Phi) is 11.7. The number of ether oxygens (including phenoxy) is 3. The van der Waals surface area contributed by atoms with E-state index in [1.165, 1.54) is 52.9 Å². The number of nitrogens with zero attached hydrogens (tertiary/aromatic N) is 3. The molecule has 3 aromatic heterocycles. The Morgan fingerprint density at radius 3 is 2.04 bits per heavy atom. The van der Waals surface area contributed by atoms with Crippen LogP contribution in [-0.2, 0) is 47.6 Å². The summed E-state index contributed by atoms with van der Waals surface area (Å²) in [6, 6.07) is 14.8. The lowest BCUT2D eigenvalue weighted by Gasteiger charge is -2.12. The first-order valence-corrected chi connectivity index (χ1v) is 17.0. The van der Waals surface area contributed by atoms with Gasteiger partial charge in [-0.05, 0) is 117 Å². The number of carbonyl (C=O) groups excluding carboxylic acids is 1. The minimum atomic E-state index is -0.308. The molecule has 0 spiro atoms. The first kappa shape index (κ1) is 34.2. The van der Waals surface area contributed by atoms with E-state index >= 15 is 0 Å². The molecule has 0 atom stereocenters. The van der Waals surface area contributed by atoms with E-state index in [-0.39, 0.29) is 5.97 Å². The second-order valence-electron chi connectivity index (χ2n) is 12.5. The molecule has 8 nitrogen and oxygen atoms in total. The maximum atomic E-state index is 12.4. The molecule has 0 saturated heterocycles. The summed E-state index contributed by atoms with van der Waals surface area (Å²) in [5.41, 5.74) is 15.6. The Morgan fingerprint density at radius 2 is 1.47 bits per heavy atom. The van der Waals surface area contributed by atoms with Gasteiger partial charge in [0.25, 0.3) is 0 Å². The molecule has 1 fully saturated rings. The molecule has 0 radical (unpaired) electrons. The fraction of sp³-hybridized carbons (Fsp3) is 0.436. The average molecular weight is 639 g/mol. The van der Waals surface area contributed by atoms with E-state index < -0.39 is 0 Å². The van der Waals surface area contributed by atoms with Crippen molar-refractivity contribution in [2.75, 3.05) is 39.3 Å². The Labute approximate surface area is 278 Å². The molecule has 0 aliphatic heterocycles. The van der Waals surface area contributed by atoms with E-state index in [0.29, 0.717) is 17.9 Å². The summed E-state index contributed by atoms with van der Waals surface area (Å²) in [5.74, 6) is 0.241. The van der Waals surface area contributed by atoms with Crippen LogP contribution in [0, 0.1) is 0 Å². The largest absolute Gasteiger partial charge is 0.465 e. The maximum Gasteiger partial charge on any atom is 0.339 e. The molecular formula is C39H50N4O4. The van der Waals surface area contributed by atoms with Gasteiger partial charge in [0.1, 0.15) is 0 Å². The van der Waals surface area contributed by atoms with E-state index in [1.54, 1.807) is 0 Å². The Balaban J connectivity index is 0.000000216. The highest BCUT2D eigenvalue weighted by Crippen LogP contribution is 2.40. The van der Waals surface area contributed by atoms with Crippen LogP contribution in [0.3, 0.4) is 0 Å². The summed E-state index contributed by atoms with van der Waals surface area (Å²) in [7, 11) is 5.59. The highest BCUT2D eigenvalue weighted by atomic mass is 16.5. The van der Waals surface area contributed by atoms with Crippen molar-refractivity contribution in [2.45, 2.75) is 64.7 Å². The fourth-order valence-corrected chi connectivity index (χ4v) is 6.45. The molecule has 6 rings (SSSR count). The highest BCUT2D eigenvalue weighted by molar-refractivity contribution is 5.91. The lowest BCUT2D eigenvalue weighted by Crippen LogP contribution is -2.09. The van der Waals surface area contributed by atoms with E-state index in [1.807, 2.05) is 32.2 Å². The lowest BCUT2D eigenvalue weighted by atomic mass is 9.97. The van der Waals surface area contributed by atoms with E-state index in [0.717, 1.165) is 74.6 Å². The number of methoxy groups -OCH3 is 1. The van der Waals surface area contributed by atoms with Gasteiger partial charge in [0, 0.05) is 82.0 Å². The first-order valence-electron chi connectivity index (χ1n) is 17.0. The summed E-state index contributed by atoms with van der Waals surface area (Å²) in [4.78, 5) is 17.1. The number of benzene rings is 2. The number of pyridine rings is 1. The fourth-order valence-electron chi connectivity index (χ4n) is 6.45. The van der Waals surface area contributed by atoms with Crippen molar-refractivity contribution >= 4 is 33.5 Å². The molecule has 1 aliphatic rings. The second-order valence-corrected chi connectivity index (χ2v) is 12.5. The van der Waals surface area contributed by atoms with Crippen molar-refractivity contribution in [3.63, 3.8) is 0 Å². The predicted octanol–water partition coefficient (Wildman–Crippen LogP) is 7.53. The van der Waals surface area contributed by atoms with Gasteiger partial charge in [-0.25, -0.2) is 4.79 Å². The van der Waals surface area contributed by atoms with Crippen molar-refractivity contribution in [3.05, 3.63) is 94.6 Å². The summed E-state index contributed by atoms with van der Waals surface area (Å²) < 4.78 is 20.3. The molecule has 3 heterocycles. The standard InChI is InChI=1S/C25H30N2O3.C14H20N2O/c1-4-30-11-5-6-19-12-17(13-20-9-10-27(2)24(19)20)14-23-22(25(28)29-3)15-21(16-26-23)18-7-8-18;1-3-17-8-4-5-11-9-13(15)10-12-6-7-16(2)14(11)12/h9-10,12-13,15-16,18H,4-8,11,14H2,1-3H3;6-7,9-10H,3-5,8,15H2,1-2H3. The molecule has 5 aromatic rings. The topological polar surface area (TPSA) is 93.5 Å². The molecule has 47 heavy (non-hydrogen) atoms. The molecule has 0 bridgehead atoms. The number of aryl methyl sites for hydroxylation is 4. The normalized spacial score (nSPS) is 12.8. The molecule has 1 saturated carbocycles. The highest BCUT2D eigenvalue weighted by Gasteiger charge is 2.26. The molecule has 2 aromatic carbocycles. The Hall–Kier alpha value is -4.14. The van der Waals surface area contributed by atoms with Gasteiger partial charge < -0.3 is 29.1 Å². The number of rotatable bonds is 14. The maximum absolute atomic E-state index is 12.4. The molecule has 0 amide bonds. The quantitative estimate of drug-likeness (QED) is 0.0768. The van der Waals surface area contributed by atoms with Crippen LogP contribution in [0.4, 0.5) is 5.69 Å². The Bertz CT molecular complexity index is 1800. The van der Waals surface area contributed by atoms with Gasteiger partial charge in [0.2, 0.25) is 0 Å². The smallest absolute Gasteiger partial charge is 0.339 e. The summed E-state index contributed by atoms with van der Waals surface area (Å²) in [6.45, 7) is 7.17. The number of anilines is 1. The van der Waals surface area contributed by atoms with Gasteiger partial charge in [-0.2, -0.15) is 0 Å². The van der Waals surface area contributed by atoms with Gasteiger partial charge in [-0.15, -0.1) is 0 Å². The number of carbonyl (C=O) groups is 1. The third-order valence-corrected chi connectivity index (χ3v) is 8.87. The van der Waals surface area contributed by atoms with Gasteiger partial charge in [-0.3, -0.25) is 4.98 Å². The zero-order valence-corrected chi connectivity index (χ0v) is 28.7. The van der Waals surface area contributed by atoms with Gasteiger partial charge in [0.05, 0.1) is 29.4 Å². The van der Waals surface area contributed by atoms with Gasteiger partial charge in [0.15, 0.2) is 0 Å². The third kappa shape index (κ3) is 8.62. The van der Waals surface area contributed by atoms with Crippen LogP contribution in [0.25, 0.3) is 21.8 Å². The SMILES string of the molecule is CCOCCCc1cc(Cc2ncc(C3CC3)cc2C(=O)OC)cc2ccn(C)c12.CCOCCCc1cc(N)cc2ccn(C)c12. The van der Waals surface area contributed by atoms with Gasteiger partial charge in [-0.1, -0.05) is 6.07 Å². The van der Waals surface area contributed by atoms with Crippen molar-refractivity contribution < 1.29 is 19.0 Å². The van der Waals surface area contributed by atoms with Crippen LogP contribution >= 0.6 is 0 Å². The van der Waals surface area contributed by atoms with Crippen molar-refractivity contribution in [1.82, 2.24) is 14.1 Å². The third-order valence-electron chi connectivity index (χ3n) is 8.87. The Morgan fingerprint density at radius 1 is 0.872 bits per heavy atom. The van der Waals surface area contributed by atoms with Crippen LogP contribution in [-0.4, -0.2) is 53.6 Å². The number of nitrogen functional groups attached to an aromatic ring is 1.